The van der Waals surface area contributed by atoms with Crippen LogP contribution in [0.3, 0.4) is 0 Å². The van der Waals surface area contributed by atoms with Gasteiger partial charge in [0.2, 0.25) is 0 Å². The highest BCUT2D eigenvalue weighted by Gasteiger charge is 2.19. The molecule has 1 fully saturated rings. The molecule has 1 unspecified atom stereocenters. The molecule has 0 aromatic rings. The molecule has 0 amide bonds. The summed E-state index contributed by atoms with van der Waals surface area (Å²) in [6.07, 6.45) is 8.27. The molecule has 1 aliphatic carbocycles. The summed E-state index contributed by atoms with van der Waals surface area (Å²) in [5, 5.41) is 3.38. The topological polar surface area (TPSA) is 38.0 Å². The van der Waals surface area contributed by atoms with Gasteiger partial charge < -0.3 is 11.1 Å². The van der Waals surface area contributed by atoms with E-state index in [0.29, 0.717) is 0 Å². The van der Waals surface area contributed by atoms with Crippen molar-refractivity contribution in [2.24, 2.45) is 11.7 Å². The van der Waals surface area contributed by atoms with Gasteiger partial charge in [-0.2, -0.15) is 0 Å². The molecule has 0 heterocycles. The van der Waals surface area contributed by atoms with Gasteiger partial charge in [-0.3, -0.25) is 0 Å². The Hall–Kier alpha value is -0.0800. The molecule has 1 saturated carbocycles. The molecule has 0 aliphatic heterocycles. The van der Waals surface area contributed by atoms with Crippen LogP contribution in [-0.2, 0) is 0 Å². The van der Waals surface area contributed by atoms with E-state index in [-0.39, 0.29) is 6.17 Å². The van der Waals surface area contributed by atoms with E-state index in [9.17, 15) is 0 Å². The lowest BCUT2D eigenvalue weighted by molar-refractivity contribution is 0.273. The molecule has 0 aromatic carbocycles. The third-order valence-electron chi connectivity index (χ3n) is 2.79. The lowest BCUT2D eigenvalue weighted by Crippen LogP contribution is -2.44. The van der Waals surface area contributed by atoms with Gasteiger partial charge in [-0.25, -0.2) is 0 Å². The van der Waals surface area contributed by atoms with Crippen molar-refractivity contribution in [2.45, 2.75) is 51.6 Å². The van der Waals surface area contributed by atoms with Crippen molar-refractivity contribution in [2.75, 3.05) is 6.54 Å². The highest BCUT2D eigenvalue weighted by Crippen LogP contribution is 2.24. The van der Waals surface area contributed by atoms with E-state index < -0.39 is 0 Å². The molecular weight excluding hydrogens is 148 g/mol. The number of hydrogen-bond donors (Lipinski definition) is 2. The highest BCUT2D eigenvalue weighted by molar-refractivity contribution is 4.74. The quantitative estimate of drug-likeness (QED) is 0.632. The predicted molar refractivity (Wildman–Crippen MR) is 52.8 cm³/mol. The van der Waals surface area contributed by atoms with E-state index in [1.165, 1.54) is 38.5 Å². The van der Waals surface area contributed by atoms with E-state index in [1.54, 1.807) is 0 Å². The first-order chi connectivity index (χ1) is 5.84. The second kappa shape index (κ2) is 5.55. The highest BCUT2D eigenvalue weighted by atomic mass is 15.0. The lowest BCUT2D eigenvalue weighted by atomic mass is 9.87. The zero-order valence-corrected chi connectivity index (χ0v) is 8.18. The number of rotatable bonds is 4. The van der Waals surface area contributed by atoms with Crippen LogP contribution >= 0.6 is 0 Å². The number of nitrogens with one attached hydrogen (secondary N) is 1. The van der Waals surface area contributed by atoms with Gasteiger partial charge in [-0.1, -0.05) is 26.2 Å². The Bertz CT molecular complexity index is 108. The third kappa shape index (κ3) is 3.11. The minimum Gasteiger partial charge on any atom is -0.316 e. The first-order valence-electron chi connectivity index (χ1n) is 5.33. The van der Waals surface area contributed by atoms with Gasteiger partial charge in [0.15, 0.2) is 0 Å². The van der Waals surface area contributed by atoms with Crippen LogP contribution in [0.2, 0.25) is 0 Å². The van der Waals surface area contributed by atoms with Gasteiger partial charge in [0.25, 0.3) is 0 Å². The molecule has 72 valence electrons. The van der Waals surface area contributed by atoms with Gasteiger partial charge in [-0.15, -0.1) is 0 Å². The van der Waals surface area contributed by atoms with Crippen molar-refractivity contribution in [1.82, 2.24) is 5.32 Å². The molecule has 0 bridgehead atoms. The molecular formula is C10H22N2. The average Bonchev–Trinajstić information content (AvgIpc) is 2.15. The van der Waals surface area contributed by atoms with Crippen molar-refractivity contribution in [1.29, 1.82) is 0 Å². The molecule has 1 atom stereocenters. The van der Waals surface area contributed by atoms with Crippen LogP contribution in [0.25, 0.3) is 0 Å². The Morgan fingerprint density at radius 2 is 2.00 bits per heavy atom. The molecule has 1 rings (SSSR count). The van der Waals surface area contributed by atoms with E-state index >= 15 is 0 Å². The fraction of sp³-hybridized carbons (Fsp3) is 1.00. The first kappa shape index (κ1) is 10.0. The Balaban J connectivity index is 2.15. The second-order valence-electron chi connectivity index (χ2n) is 3.88. The summed E-state index contributed by atoms with van der Waals surface area (Å²) >= 11 is 0. The Kier molecular flexibility index (Phi) is 4.62. The molecule has 12 heavy (non-hydrogen) atoms. The molecule has 0 aromatic heterocycles. The smallest absolute Gasteiger partial charge is 0.0575 e. The van der Waals surface area contributed by atoms with E-state index in [0.717, 1.165) is 12.5 Å². The summed E-state index contributed by atoms with van der Waals surface area (Å²) in [7, 11) is 0. The predicted octanol–water partition coefficient (Wildman–Crippen LogP) is 1.85. The summed E-state index contributed by atoms with van der Waals surface area (Å²) in [6.45, 7) is 3.25. The number of hydrogen-bond acceptors (Lipinski definition) is 2. The molecule has 3 N–H and O–H groups in total. The summed E-state index contributed by atoms with van der Waals surface area (Å²) in [5.41, 5.74) is 6.02. The minimum absolute atomic E-state index is 0.255. The van der Waals surface area contributed by atoms with Gasteiger partial charge in [-0.05, 0) is 31.7 Å². The summed E-state index contributed by atoms with van der Waals surface area (Å²) in [6, 6.07) is 0. The largest absolute Gasteiger partial charge is 0.316 e. The molecule has 0 spiro atoms. The molecule has 2 heteroatoms. The fourth-order valence-electron chi connectivity index (χ4n) is 1.97. The van der Waals surface area contributed by atoms with Gasteiger partial charge >= 0.3 is 0 Å². The standard InChI is InChI=1S/C10H22N2/c1-2-8-12-10(11)9-6-4-3-5-7-9/h9-10,12H,2-8,11H2,1H3. The maximum Gasteiger partial charge on any atom is 0.0575 e. The maximum atomic E-state index is 6.02. The summed E-state index contributed by atoms with van der Waals surface area (Å²) in [5.74, 6) is 0.741. The SMILES string of the molecule is CCCNC(N)C1CCCCC1. The van der Waals surface area contributed by atoms with Gasteiger partial charge in [0.05, 0.1) is 6.17 Å². The van der Waals surface area contributed by atoms with E-state index in [2.05, 4.69) is 12.2 Å². The van der Waals surface area contributed by atoms with Crippen molar-refractivity contribution >= 4 is 0 Å². The Labute approximate surface area is 75.9 Å². The third-order valence-corrected chi connectivity index (χ3v) is 2.79. The lowest BCUT2D eigenvalue weighted by Gasteiger charge is -2.28. The Morgan fingerprint density at radius 1 is 1.33 bits per heavy atom. The minimum atomic E-state index is 0.255. The monoisotopic (exact) mass is 170 g/mol. The van der Waals surface area contributed by atoms with Crippen LogP contribution in [0.15, 0.2) is 0 Å². The van der Waals surface area contributed by atoms with Gasteiger partial charge in [0.1, 0.15) is 0 Å². The van der Waals surface area contributed by atoms with Crippen LogP contribution in [0, 0.1) is 5.92 Å². The van der Waals surface area contributed by atoms with Crippen molar-refractivity contribution in [3.63, 3.8) is 0 Å². The van der Waals surface area contributed by atoms with Crippen molar-refractivity contribution < 1.29 is 0 Å². The van der Waals surface area contributed by atoms with E-state index in [4.69, 9.17) is 5.73 Å². The van der Waals surface area contributed by atoms with E-state index in [1.807, 2.05) is 0 Å². The average molecular weight is 170 g/mol. The molecule has 0 radical (unpaired) electrons. The first-order valence-corrected chi connectivity index (χ1v) is 5.33. The maximum absolute atomic E-state index is 6.02. The Morgan fingerprint density at radius 3 is 2.58 bits per heavy atom. The zero-order chi connectivity index (χ0) is 8.81. The normalized spacial score (nSPS) is 22.5. The summed E-state index contributed by atoms with van der Waals surface area (Å²) < 4.78 is 0. The fourth-order valence-corrected chi connectivity index (χ4v) is 1.97. The van der Waals surface area contributed by atoms with Crippen LogP contribution in [0.4, 0.5) is 0 Å². The second-order valence-corrected chi connectivity index (χ2v) is 3.88. The number of nitrogens with two attached hydrogens (primary N) is 1. The zero-order valence-electron chi connectivity index (χ0n) is 8.18. The van der Waals surface area contributed by atoms with Crippen molar-refractivity contribution in [3.8, 4) is 0 Å². The van der Waals surface area contributed by atoms with Crippen LogP contribution in [0.1, 0.15) is 45.4 Å². The summed E-state index contributed by atoms with van der Waals surface area (Å²) in [4.78, 5) is 0. The molecule has 0 saturated heterocycles. The van der Waals surface area contributed by atoms with Crippen molar-refractivity contribution in [3.05, 3.63) is 0 Å². The van der Waals surface area contributed by atoms with Crippen LogP contribution in [-0.4, -0.2) is 12.7 Å². The van der Waals surface area contributed by atoms with Gasteiger partial charge in [0, 0.05) is 0 Å². The molecule has 2 nitrogen and oxygen atoms in total. The van der Waals surface area contributed by atoms with Crippen LogP contribution < -0.4 is 11.1 Å². The molecule has 1 aliphatic rings. The van der Waals surface area contributed by atoms with Crippen LogP contribution in [0.5, 0.6) is 0 Å².